The summed E-state index contributed by atoms with van der Waals surface area (Å²) in [6, 6.07) is 16.4. The number of aliphatic carboxylic acids is 1. The Bertz CT molecular complexity index is 925. The van der Waals surface area contributed by atoms with Gasteiger partial charge in [0.2, 0.25) is 0 Å². The van der Waals surface area contributed by atoms with E-state index >= 15 is 0 Å². The first-order valence-electron chi connectivity index (χ1n) is 7.92. The first-order chi connectivity index (χ1) is 12.6. The van der Waals surface area contributed by atoms with E-state index in [0.29, 0.717) is 17.9 Å². The number of carboxylic acid groups (broad SMARTS) is 1. The van der Waals surface area contributed by atoms with Crippen molar-refractivity contribution in [1.29, 1.82) is 0 Å². The van der Waals surface area contributed by atoms with Gasteiger partial charge in [-0.25, -0.2) is 4.98 Å². The summed E-state index contributed by atoms with van der Waals surface area (Å²) in [5.41, 5.74) is 7.72. The van der Waals surface area contributed by atoms with E-state index in [9.17, 15) is 14.7 Å². The Morgan fingerprint density at radius 2 is 1.88 bits per heavy atom. The summed E-state index contributed by atoms with van der Waals surface area (Å²) in [5.74, 6) is -1.21. The quantitative estimate of drug-likeness (QED) is 0.698. The number of carbonyl (C=O) groups excluding carboxylic acids is 1. The minimum atomic E-state index is -1.11. The van der Waals surface area contributed by atoms with Gasteiger partial charge >= 0.3 is 5.97 Å². The molecule has 0 aliphatic heterocycles. The average molecular weight is 367 g/mol. The van der Waals surface area contributed by atoms with Crippen molar-refractivity contribution in [2.45, 2.75) is 6.54 Å². The second kappa shape index (κ2) is 7.90. The molecule has 26 heavy (non-hydrogen) atoms. The molecule has 0 spiro atoms. The van der Waals surface area contributed by atoms with Gasteiger partial charge in [-0.2, -0.15) is 0 Å². The highest BCUT2D eigenvalue weighted by Crippen LogP contribution is 2.28. The number of benzene rings is 2. The normalized spacial score (nSPS) is 10.5. The number of hydrogen-bond acceptors (Lipinski definition) is 5. The molecule has 0 atom stereocenters. The Balaban J connectivity index is 1.94. The van der Waals surface area contributed by atoms with E-state index in [1.165, 1.54) is 16.2 Å². The van der Waals surface area contributed by atoms with Crippen molar-refractivity contribution < 1.29 is 14.7 Å². The Kier molecular flexibility index (Phi) is 5.40. The van der Waals surface area contributed by atoms with Gasteiger partial charge in [0, 0.05) is 23.1 Å². The SMILES string of the molecule is NCc1cccc(C(=O)N(CC(=O)O)c2csc(-c3ccccc3)n2)c1. The minimum absolute atomic E-state index is 0.301. The molecule has 1 aromatic heterocycles. The van der Waals surface area contributed by atoms with E-state index in [-0.39, 0.29) is 0 Å². The van der Waals surface area contributed by atoms with Crippen LogP contribution in [0.5, 0.6) is 0 Å². The molecule has 6 nitrogen and oxygen atoms in total. The minimum Gasteiger partial charge on any atom is -0.480 e. The predicted molar refractivity (Wildman–Crippen MR) is 101 cm³/mol. The monoisotopic (exact) mass is 367 g/mol. The number of rotatable bonds is 6. The zero-order chi connectivity index (χ0) is 18.5. The summed E-state index contributed by atoms with van der Waals surface area (Å²) < 4.78 is 0. The first-order valence-corrected chi connectivity index (χ1v) is 8.80. The van der Waals surface area contributed by atoms with Crippen LogP contribution in [0.2, 0.25) is 0 Å². The largest absolute Gasteiger partial charge is 0.480 e. The number of amides is 1. The molecule has 132 valence electrons. The zero-order valence-corrected chi connectivity index (χ0v) is 14.6. The molecule has 0 unspecified atom stereocenters. The summed E-state index contributed by atoms with van der Waals surface area (Å²) in [5, 5.41) is 11.6. The predicted octanol–water partition coefficient (Wildman–Crippen LogP) is 3.00. The first kappa shape index (κ1) is 17.8. The van der Waals surface area contributed by atoms with Crippen molar-refractivity contribution in [1.82, 2.24) is 4.98 Å². The topological polar surface area (TPSA) is 96.5 Å². The maximum atomic E-state index is 12.9. The Morgan fingerprint density at radius 1 is 1.12 bits per heavy atom. The fraction of sp³-hybridized carbons (Fsp3) is 0.105. The molecule has 0 radical (unpaired) electrons. The number of nitrogens with two attached hydrogens (primary N) is 1. The van der Waals surface area contributed by atoms with Crippen LogP contribution in [-0.4, -0.2) is 28.5 Å². The smallest absolute Gasteiger partial charge is 0.323 e. The molecule has 0 bridgehead atoms. The molecule has 3 aromatic rings. The number of hydrogen-bond donors (Lipinski definition) is 2. The summed E-state index contributed by atoms with van der Waals surface area (Å²) in [6.45, 7) is -0.168. The molecule has 0 aliphatic carbocycles. The second-order valence-corrected chi connectivity index (χ2v) is 6.42. The lowest BCUT2D eigenvalue weighted by atomic mass is 10.1. The molecule has 3 N–H and O–H groups in total. The lowest BCUT2D eigenvalue weighted by Crippen LogP contribution is -2.36. The number of carbonyl (C=O) groups is 2. The van der Waals surface area contributed by atoms with Crippen LogP contribution >= 0.6 is 11.3 Å². The third-order valence-corrected chi connectivity index (χ3v) is 4.62. The van der Waals surface area contributed by atoms with E-state index in [1.54, 1.807) is 23.6 Å². The van der Waals surface area contributed by atoms with Crippen molar-refractivity contribution in [2.24, 2.45) is 5.73 Å². The van der Waals surface area contributed by atoms with Gasteiger partial charge in [0.1, 0.15) is 17.4 Å². The van der Waals surface area contributed by atoms with E-state index < -0.39 is 18.4 Å². The van der Waals surface area contributed by atoms with Crippen LogP contribution < -0.4 is 10.6 Å². The molecule has 7 heteroatoms. The van der Waals surface area contributed by atoms with Gasteiger partial charge in [-0.15, -0.1) is 11.3 Å². The molecule has 2 aromatic carbocycles. The Labute approximate surface area is 154 Å². The summed E-state index contributed by atoms with van der Waals surface area (Å²) >= 11 is 1.36. The maximum absolute atomic E-state index is 12.9. The van der Waals surface area contributed by atoms with Crippen LogP contribution in [0.3, 0.4) is 0 Å². The van der Waals surface area contributed by atoms with E-state index in [0.717, 1.165) is 16.1 Å². The van der Waals surface area contributed by atoms with Gasteiger partial charge in [-0.3, -0.25) is 14.5 Å². The standard InChI is InChI=1S/C19H17N3O3S/c20-10-13-5-4-8-15(9-13)19(25)22(11-17(23)24)16-12-26-18(21-16)14-6-2-1-3-7-14/h1-9,12H,10-11,20H2,(H,23,24). The van der Waals surface area contributed by atoms with Crippen molar-refractivity contribution in [3.05, 3.63) is 71.1 Å². The van der Waals surface area contributed by atoms with E-state index in [1.807, 2.05) is 36.4 Å². The van der Waals surface area contributed by atoms with Gasteiger partial charge in [0.15, 0.2) is 0 Å². The molecule has 0 fully saturated rings. The highest BCUT2D eigenvalue weighted by Gasteiger charge is 2.23. The van der Waals surface area contributed by atoms with Crippen LogP contribution in [0.25, 0.3) is 10.6 Å². The molecular formula is C19H17N3O3S. The number of nitrogens with zero attached hydrogens (tertiary/aromatic N) is 2. The van der Waals surface area contributed by atoms with Crippen LogP contribution in [0.15, 0.2) is 60.0 Å². The van der Waals surface area contributed by atoms with Gasteiger partial charge in [-0.1, -0.05) is 42.5 Å². The van der Waals surface area contributed by atoms with Crippen molar-refractivity contribution in [3.63, 3.8) is 0 Å². The van der Waals surface area contributed by atoms with Crippen LogP contribution in [0.4, 0.5) is 5.82 Å². The highest BCUT2D eigenvalue weighted by molar-refractivity contribution is 7.13. The molecule has 3 rings (SSSR count). The zero-order valence-electron chi connectivity index (χ0n) is 13.8. The summed E-state index contributed by atoms with van der Waals surface area (Å²) in [7, 11) is 0. The van der Waals surface area contributed by atoms with E-state index in [2.05, 4.69) is 4.98 Å². The van der Waals surface area contributed by atoms with Crippen molar-refractivity contribution in [3.8, 4) is 10.6 Å². The lowest BCUT2D eigenvalue weighted by molar-refractivity contribution is -0.135. The molecule has 1 heterocycles. The number of aromatic nitrogens is 1. The fourth-order valence-corrected chi connectivity index (χ4v) is 3.30. The molecule has 1 amide bonds. The van der Waals surface area contributed by atoms with Crippen molar-refractivity contribution in [2.75, 3.05) is 11.4 Å². The average Bonchev–Trinajstić information content (AvgIpc) is 3.16. The van der Waals surface area contributed by atoms with Gasteiger partial charge in [-0.05, 0) is 17.7 Å². The van der Waals surface area contributed by atoms with Crippen molar-refractivity contribution >= 4 is 29.0 Å². The molecule has 0 aliphatic rings. The van der Waals surface area contributed by atoms with Crippen LogP contribution in [0, 0.1) is 0 Å². The third-order valence-electron chi connectivity index (χ3n) is 3.74. The molecular weight excluding hydrogens is 350 g/mol. The number of carboxylic acids is 1. The Hall–Kier alpha value is -3.03. The second-order valence-electron chi connectivity index (χ2n) is 5.57. The maximum Gasteiger partial charge on any atom is 0.323 e. The summed E-state index contributed by atoms with van der Waals surface area (Å²) in [4.78, 5) is 29.8. The molecule has 0 saturated heterocycles. The highest BCUT2D eigenvalue weighted by atomic mass is 32.1. The lowest BCUT2D eigenvalue weighted by Gasteiger charge is -2.18. The van der Waals surface area contributed by atoms with E-state index in [4.69, 9.17) is 5.73 Å². The number of thiazole rings is 1. The molecule has 0 saturated carbocycles. The van der Waals surface area contributed by atoms with Gasteiger partial charge in [0.25, 0.3) is 5.91 Å². The Morgan fingerprint density at radius 3 is 2.58 bits per heavy atom. The van der Waals surface area contributed by atoms with Crippen LogP contribution in [-0.2, 0) is 11.3 Å². The van der Waals surface area contributed by atoms with Gasteiger partial charge in [0.05, 0.1) is 0 Å². The number of anilines is 1. The van der Waals surface area contributed by atoms with Crippen LogP contribution in [0.1, 0.15) is 15.9 Å². The third kappa shape index (κ3) is 3.96. The summed E-state index contributed by atoms with van der Waals surface area (Å²) in [6.07, 6.45) is 0. The fourth-order valence-electron chi connectivity index (χ4n) is 2.48. The van der Waals surface area contributed by atoms with Gasteiger partial charge < -0.3 is 10.8 Å².